The Morgan fingerprint density at radius 2 is 0.882 bits per heavy atom. The molecule has 238 valence electrons. The van der Waals surface area contributed by atoms with E-state index in [4.69, 9.17) is 14.4 Å². The van der Waals surface area contributed by atoms with Gasteiger partial charge < -0.3 is 13.6 Å². The van der Waals surface area contributed by atoms with Crippen LogP contribution in [0, 0.1) is 0 Å². The predicted octanol–water partition coefficient (Wildman–Crippen LogP) is 10.7. The van der Waals surface area contributed by atoms with Crippen molar-refractivity contribution in [3.8, 4) is 33.9 Å². The van der Waals surface area contributed by atoms with Gasteiger partial charge in [0.1, 0.15) is 0 Å². The zero-order valence-electron chi connectivity index (χ0n) is 27.1. The summed E-state index contributed by atoms with van der Waals surface area (Å²) in [6, 6.07) is 46.8. The third-order valence-electron chi connectivity index (χ3n) is 10.0. The highest BCUT2D eigenvalue weighted by Crippen LogP contribution is 2.38. The summed E-state index contributed by atoms with van der Waals surface area (Å²) in [7, 11) is 0. The van der Waals surface area contributed by atoms with Gasteiger partial charge in [0.2, 0.25) is 0 Å². The van der Waals surface area contributed by atoms with Crippen LogP contribution in [-0.4, -0.2) is 29.3 Å². The number of hydrogen-bond acceptors (Lipinski definition) is 5. The average Bonchev–Trinajstić information content (AvgIpc) is 3.85. The first-order chi connectivity index (χ1) is 25.3. The Bertz CT molecular complexity index is 2930. The van der Waals surface area contributed by atoms with Crippen molar-refractivity contribution in [2.24, 2.45) is 0 Å². The van der Waals surface area contributed by atoms with Gasteiger partial charge in [-0.15, -0.1) is 0 Å². The van der Waals surface area contributed by atoms with Gasteiger partial charge in [0, 0.05) is 54.8 Å². The number of fused-ring (bicyclic) bond motifs is 9. The maximum absolute atomic E-state index is 6.26. The first kappa shape index (κ1) is 27.8. The average molecular weight is 655 g/mol. The minimum atomic E-state index is 0.726. The lowest BCUT2D eigenvalue weighted by Crippen LogP contribution is -1.94. The van der Waals surface area contributed by atoms with Crippen molar-refractivity contribution in [2.75, 3.05) is 0 Å². The van der Waals surface area contributed by atoms with Crippen molar-refractivity contribution in [3.63, 3.8) is 0 Å². The van der Waals surface area contributed by atoms with Crippen LogP contribution < -0.4 is 0 Å². The number of rotatable bonds is 4. The maximum Gasteiger partial charge on any atom is 0.153 e. The second-order valence-electron chi connectivity index (χ2n) is 12.8. The number of benzene rings is 5. The fourth-order valence-electron chi connectivity index (χ4n) is 7.68. The van der Waals surface area contributed by atoms with Gasteiger partial charge in [0.05, 0.1) is 58.2 Å². The molecule has 0 spiro atoms. The number of para-hydroxylation sites is 3. The Balaban J connectivity index is 1.07. The molecule has 0 aliphatic heterocycles. The van der Waals surface area contributed by atoms with E-state index in [1.165, 1.54) is 16.3 Å². The summed E-state index contributed by atoms with van der Waals surface area (Å²) >= 11 is 0. The molecule has 0 radical (unpaired) electrons. The third-order valence-corrected chi connectivity index (χ3v) is 10.0. The molecule has 11 aromatic rings. The highest BCUT2D eigenvalue weighted by atomic mass is 16.3. The van der Waals surface area contributed by atoms with Crippen LogP contribution in [0.3, 0.4) is 0 Å². The fraction of sp³-hybridized carbons (Fsp3) is 0. The van der Waals surface area contributed by atoms with Gasteiger partial charge in [-0.25, -0.2) is 0 Å². The molecule has 0 atom stereocenters. The van der Waals surface area contributed by atoms with Crippen molar-refractivity contribution < 1.29 is 4.42 Å². The van der Waals surface area contributed by atoms with Crippen LogP contribution in [-0.2, 0) is 0 Å². The summed E-state index contributed by atoms with van der Waals surface area (Å²) in [5.74, 6) is 0. The molecule has 0 bridgehead atoms. The highest BCUT2D eigenvalue weighted by molar-refractivity contribution is 6.12. The summed E-state index contributed by atoms with van der Waals surface area (Å²) in [4.78, 5) is 9.73. The van der Waals surface area contributed by atoms with Gasteiger partial charge in [0.25, 0.3) is 0 Å². The van der Waals surface area contributed by atoms with Crippen molar-refractivity contribution in [2.45, 2.75) is 0 Å². The predicted molar refractivity (Wildman–Crippen MR) is 204 cm³/mol. The Morgan fingerprint density at radius 1 is 0.373 bits per heavy atom. The molecular weight excluding hydrogens is 629 g/mol. The van der Waals surface area contributed by atoms with Gasteiger partial charge >= 0.3 is 0 Å². The van der Waals surface area contributed by atoms with Crippen LogP contribution in [0.1, 0.15) is 0 Å². The summed E-state index contributed by atoms with van der Waals surface area (Å²) < 4.78 is 10.8. The van der Waals surface area contributed by atoms with Crippen molar-refractivity contribution in [1.82, 2.24) is 29.3 Å². The zero-order valence-corrected chi connectivity index (χ0v) is 27.1. The molecule has 0 aliphatic carbocycles. The van der Waals surface area contributed by atoms with E-state index in [2.05, 4.69) is 147 Å². The van der Waals surface area contributed by atoms with Crippen molar-refractivity contribution in [1.29, 1.82) is 0 Å². The largest absolute Gasteiger partial charge is 0.453 e. The number of nitrogens with zero attached hydrogens (tertiary/aromatic N) is 6. The highest BCUT2D eigenvalue weighted by Gasteiger charge is 2.17. The van der Waals surface area contributed by atoms with Crippen LogP contribution in [0.5, 0.6) is 0 Å². The van der Waals surface area contributed by atoms with Gasteiger partial charge in [-0.05, 0) is 54.6 Å². The van der Waals surface area contributed by atoms with Crippen LogP contribution in [0.2, 0.25) is 0 Å². The molecular formula is C44H26N6O. The quantitative estimate of drug-likeness (QED) is 0.189. The minimum absolute atomic E-state index is 0.726. The fourth-order valence-corrected chi connectivity index (χ4v) is 7.68. The van der Waals surface area contributed by atoms with Gasteiger partial charge in [-0.1, -0.05) is 78.9 Å². The monoisotopic (exact) mass is 654 g/mol. The third kappa shape index (κ3) is 4.18. The number of aromatic nitrogens is 6. The van der Waals surface area contributed by atoms with Crippen LogP contribution in [0.4, 0.5) is 0 Å². The van der Waals surface area contributed by atoms with Gasteiger partial charge in [-0.2, -0.15) is 10.2 Å². The van der Waals surface area contributed by atoms with E-state index in [0.29, 0.717) is 0 Å². The zero-order chi connectivity index (χ0) is 33.5. The lowest BCUT2D eigenvalue weighted by Gasteiger charge is -2.09. The summed E-state index contributed by atoms with van der Waals surface area (Å²) in [5, 5.41) is 15.0. The van der Waals surface area contributed by atoms with E-state index in [1.807, 2.05) is 30.9 Å². The van der Waals surface area contributed by atoms with Crippen molar-refractivity contribution in [3.05, 3.63) is 158 Å². The lowest BCUT2D eigenvalue weighted by atomic mass is 10.0. The second kappa shape index (κ2) is 10.7. The van der Waals surface area contributed by atoms with Crippen molar-refractivity contribution >= 4 is 65.6 Å². The molecule has 6 aromatic heterocycles. The molecule has 0 fully saturated rings. The summed E-state index contributed by atoms with van der Waals surface area (Å²) in [6.45, 7) is 0. The number of pyridine rings is 2. The minimum Gasteiger partial charge on any atom is -0.453 e. The smallest absolute Gasteiger partial charge is 0.153 e. The normalized spacial score (nSPS) is 11.9. The molecule has 0 amide bonds. The molecule has 6 heterocycles. The van der Waals surface area contributed by atoms with Crippen LogP contribution in [0.25, 0.3) is 99.4 Å². The molecule has 0 N–H and O–H groups in total. The van der Waals surface area contributed by atoms with E-state index < -0.39 is 0 Å². The summed E-state index contributed by atoms with van der Waals surface area (Å²) in [6.07, 6.45) is 7.31. The molecule has 51 heavy (non-hydrogen) atoms. The molecule has 5 aromatic carbocycles. The standard InChI is InChI=1S/C44H26N6O/c1-3-9-29(10-4-1)49-39-14-8-7-13-31(39)32-17-15-27(19-40(32)49)37-21-34-35-22-38(46-26-44(35)51-43(34)25-45-37)28-16-18-33-36-23-47-48-24-42(36)50(41(33)20-28)30-11-5-2-6-12-30/h1-26H. The summed E-state index contributed by atoms with van der Waals surface area (Å²) in [5.41, 5.74) is 11.8. The Labute approximate surface area is 290 Å². The van der Waals surface area contributed by atoms with E-state index in [9.17, 15) is 0 Å². The first-order valence-electron chi connectivity index (χ1n) is 16.9. The number of hydrogen-bond donors (Lipinski definition) is 0. The number of furan rings is 1. The Morgan fingerprint density at radius 3 is 1.51 bits per heavy atom. The molecule has 0 saturated carbocycles. The Hall–Kier alpha value is -7.12. The van der Waals surface area contributed by atoms with E-state index in [1.54, 1.807) is 0 Å². The van der Waals surface area contributed by atoms with Crippen LogP contribution in [0.15, 0.2) is 163 Å². The van der Waals surface area contributed by atoms with Gasteiger partial charge in [0.15, 0.2) is 11.2 Å². The van der Waals surface area contributed by atoms with Crippen LogP contribution >= 0.6 is 0 Å². The second-order valence-corrected chi connectivity index (χ2v) is 12.8. The van der Waals surface area contributed by atoms with E-state index >= 15 is 0 Å². The molecule has 7 heteroatoms. The van der Waals surface area contributed by atoms with E-state index in [0.717, 1.165) is 83.2 Å². The topological polar surface area (TPSA) is 74.6 Å². The molecule has 0 aliphatic rings. The lowest BCUT2D eigenvalue weighted by molar-refractivity contribution is 0.665. The SMILES string of the molecule is c1ccc(-n2c3ccccc3c3ccc(-c4cc5c(cn4)oc4cnc(-c6ccc7c8cnncc8n(-c8ccccc8)c7c6)cc45)cc32)cc1. The molecule has 0 saturated heterocycles. The molecule has 0 unspecified atom stereocenters. The molecule has 11 rings (SSSR count). The first-order valence-corrected chi connectivity index (χ1v) is 16.9. The molecule has 7 nitrogen and oxygen atoms in total. The maximum atomic E-state index is 6.26. The van der Waals surface area contributed by atoms with E-state index in [-0.39, 0.29) is 0 Å². The Kier molecular flexibility index (Phi) is 5.83. The van der Waals surface area contributed by atoms with Gasteiger partial charge in [-0.3, -0.25) is 9.97 Å².